The van der Waals surface area contributed by atoms with Crippen LogP contribution in [0.2, 0.25) is 5.02 Å². The molecule has 0 bridgehead atoms. The number of rotatable bonds is 5. The quantitative estimate of drug-likeness (QED) is 0.718. The number of hydrogen-bond acceptors (Lipinski definition) is 3. The zero-order chi connectivity index (χ0) is 13.8. The average Bonchev–Trinajstić information content (AvgIpc) is 2.30. The molecule has 1 aromatic carbocycles. The topological polar surface area (TPSA) is 75.3 Å². The Morgan fingerprint density at radius 1 is 1.56 bits per heavy atom. The number of halogens is 1. The standard InChI is InChI=1S/C13H19ClN2O2/c1-3-7-13(2,18)8-16-12(17)9-5-4-6-10(14)11(9)15/h4-6,18H,3,7-8,15H2,1-2H3,(H,16,17). The number of anilines is 1. The summed E-state index contributed by atoms with van der Waals surface area (Å²) in [6.07, 6.45) is 1.47. The van der Waals surface area contributed by atoms with Gasteiger partial charge in [-0.3, -0.25) is 4.79 Å². The lowest BCUT2D eigenvalue weighted by Crippen LogP contribution is -2.40. The van der Waals surface area contributed by atoms with E-state index < -0.39 is 5.60 Å². The van der Waals surface area contributed by atoms with Gasteiger partial charge in [-0.15, -0.1) is 0 Å². The normalized spacial score (nSPS) is 14.0. The van der Waals surface area contributed by atoms with Gasteiger partial charge in [-0.1, -0.05) is 31.0 Å². The van der Waals surface area contributed by atoms with Crippen LogP contribution in [0.25, 0.3) is 0 Å². The number of benzene rings is 1. The van der Waals surface area contributed by atoms with Gasteiger partial charge in [-0.2, -0.15) is 0 Å². The van der Waals surface area contributed by atoms with Crippen molar-refractivity contribution in [3.05, 3.63) is 28.8 Å². The highest BCUT2D eigenvalue weighted by atomic mass is 35.5. The van der Waals surface area contributed by atoms with Crippen LogP contribution >= 0.6 is 11.6 Å². The van der Waals surface area contributed by atoms with Crippen molar-refractivity contribution in [2.24, 2.45) is 0 Å². The molecule has 5 heteroatoms. The van der Waals surface area contributed by atoms with E-state index in [1.807, 2.05) is 6.92 Å². The van der Waals surface area contributed by atoms with Crippen LogP contribution in [0.5, 0.6) is 0 Å². The molecule has 0 fully saturated rings. The largest absolute Gasteiger partial charge is 0.397 e. The number of carbonyl (C=O) groups is 1. The van der Waals surface area contributed by atoms with E-state index in [9.17, 15) is 9.90 Å². The minimum Gasteiger partial charge on any atom is -0.397 e. The maximum Gasteiger partial charge on any atom is 0.253 e. The van der Waals surface area contributed by atoms with E-state index in [-0.39, 0.29) is 18.1 Å². The van der Waals surface area contributed by atoms with E-state index >= 15 is 0 Å². The first-order valence-corrected chi connectivity index (χ1v) is 6.30. The van der Waals surface area contributed by atoms with E-state index in [2.05, 4.69) is 5.32 Å². The van der Waals surface area contributed by atoms with Gasteiger partial charge >= 0.3 is 0 Å². The molecule has 1 unspecified atom stereocenters. The smallest absolute Gasteiger partial charge is 0.253 e. The second kappa shape index (κ2) is 6.07. The Labute approximate surface area is 112 Å². The maximum absolute atomic E-state index is 11.9. The fourth-order valence-electron chi connectivity index (χ4n) is 1.73. The first-order valence-electron chi connectivity index (χ1n) is 5.92. The lowest BCUT2D eigenvalue weighted by Gasteiger charge is -2.23. The van der Waals surface area contributed by atoms with Crippen LogP contribution in [0.3, 0.4) is 0 Å². The molecule has 4 nitrogen and oxygen atoms in total. The first-order chi connectivity index (χ1) is 8.37. The molecule has 0 saturated carbocycles. The third-order valence-electron chi connectivity index (χ3n) is 2.72. The number of nitrogens with two attached hydrogens (primary N) is 1. The van der Waals surface area contributed by atoms with Crippen LogP contribution in [0, 0.1) is 0 Å². The summed E-state index contributed by atoms with van der Waals surface area (Å²) in [4.78, 5) is 11.9. The molecule has 0 aliphatic rings. The molecule has 4 N–H and O–H groups in total. The van der Waals surface area contributed by atoms with E-state index in [0.29, 0.717) is 17.0 Å². The van der Waals surface area contributed by atoms with Gasteiger partial charge in [0, 0.05) is 6.54 Å². The molecule has 1 aromatic rings. The number of nitrogen functional groups attached to an aromatic ring is 1. The fourth-order valence-corrected chi connectivity index (χ4v) is 1.90. The summed E-state index contributed by atoms with van der Waals surface area (Å²) in [6.45, 7) is 3.86. The Balaban J connectivity index is 2.69. The summed E-state index contributed by atoms with van der Waals surface area (Å²) in [5.41, 5.74) is 5.41. The molecule has 0 aliphatic heterocycles. The summed E-state index contributed by atoms with van der Waals surface area (Å²) in [5, 5.41) is 13.0. The molecule has 1 rings (SSSR count). The molecule has 0 saturated heterocycles. The minimum absolute atomic E-state index is 0.186. The van der Waals surface area contributed by atoms with Gasteiger partial charge in [-0.05, 0) is 25.5 Å². The summed E-state index contributed by atoms with van der Waals surface area (Å²) < 4.78 is 0. The van der Waals surface area contributed by atoms with Crippen molar-refractivity contribution in [3.8, 4) is 0 Å². The second-order valence-corrected chi connectivity index (χ2v) is 5.04. The van der Waals surface area contributed by atoms with Gasteiger partial charge < -0.3 is 16.2 Å². The van der Waals surface area contributed by atoms with Gasteiger partial charge in [0.2, 0.25) is 0 Å². The number of para-hydroxylation sites is 1. The number of carbonyl (C=O) groups excluding carboxylic acids is 1. The summed E-state index contributed by atoms with van der Waals surface area (Å²) in [5.74, 6) is -0.327. The Hall–Kier alpha value is -1.26. The molecular weight excluding hydrogens is 252 g/mol. The zero-order valence-electron chi connectivity index (χ0n) is 10.7. The van der Waals surface area contributed by atoms with Crippen molar-refractivity contribution in [3.63, 3.8) is 0 Å². The van der Waals surface area contributed by atoms with Gasteiger partial charge in [0.05, 0.1) is 21.9 Å². The number of aliphatic hydroxyl groups is 1. The van der Waals surface area contributed by atoms with Crippen molar-refractivity contribution in [2.45, 2.75) is 32.3 Å². The van der Waals surface area contributed by atoms with Crippen molar-refractivity contribution >= 4 is 23.2 Å². The molecule has 0 heterocycles. The van der Waals surface area contributed by atoms with E-state index in [0.717, 1.165) is 6.42 Å². The summed E-state index contributed by atoms with van der Waals surface area (Å²) in [7, 11) is 0. The van der Waals surface area contributed by atoms with E-state index in [1.165, 1.54) is 0 Å². The Morgan fingerprint density at radius 2 is 2.22 bits per heavy atom. The molecule has 0 radical (unpaired) electrons. The van der Waals surface area contributed by atoms with Crippen LogP contribution in [0.1, 0.15) is 37.0 Å². The number of amides is 1. The summed E-state index contributed by atoms with van der Waals surface area (Å²) >= 11 is 5.84. The van der Waals surface area contributed by atoms with Crippen molar-refractivity contribution in [2.75, 3.05) is 12.3 Å². The van der Waals surface area contributed by atoms with Crippen LogP contribution < -0.4 is 11.1 Å². The highest BCUT2D eigenvalue weighted by molar-refractivity contribution is 6.33. The van der Waals surface area contributed by atoms with Gasteiger partial charge in [0.1, 0.15) is 0 Å². The fraction of sp³-hybridized carbons (Fsp3) is 0.462. The van der Waals surface area contributed by atoms with Crippen LogP contribution in [0.4, 0.5) is 5.69 Å². The predicted octanol–water partition coefficient (Wildman–Crippen LogP) is 2.20. The van der Waals surface area contributed by atoms with Crippen LogP contribution in [-0.4, -0.2) is 23.2 Å². The van der Waals surface area contributed by atoms with Crippen molar-refractivity contribution in [1.82, 2.24) is 5.32 Å². The van der Waals surface area contributed by atoms with Gasteiger partial charge in [-0.25, -0.2) is 0 Å². The third kappa shape index (κ3) is 3.89. The lowest BCUT2D eigenvalue weighted by molar-refractivity contribution is 0.0470. The molecule has 0 aliphatic carbocycles. The third-order valence-corrected chi connectivity index (χ3v) is 3.05. The molecular formula is C13H19ClN2O2. The van der Waals surface area contributed by atoms with Gasteiger partial charge in [0.15, 0.2) is 0 Å². The van der Waals surface area contributed by atoms with Crippen LogP contribution in [-0.2, 0) is 0 Å². The molecule has 1 atom stereocenters. The predicted molar refractivity (Wildman–Crippen MR) is 73.7 cm³/mol. The monoisotopic (exact) mass is 270 g/mol. The Bertz CT molecular complexity index is 433. The molecule has 1 amide bonds. The highest BCUT2D eigenvalue weighted by Gasteiger charge is 2.21. The molecule has 0 spiro atoms. The number of nitrogens with one attached hydrogen (secondary N) is 1. The molecule has 18 heavy (non-hydrogen) atoms. The Kier molecular flexibility index (Phi) is 4.99. The van der Waals surface area contributed by atoms with E-state index in [1.54, 1.807) is 25.1 Å². The molecule has 0 aromatic heterocycles. The lowest BCUT2D eigenvalue weighted by atomic mass is 10.0. The minimum atomic E-state index is -0.905. The van der Waals surface area contributed by atoms with Crippen molar-refractivity contribution in [1.29, 1.82) is 0 Å². The maximum atomic E-state index is 11.9. The highest BCUT2D eigenvalue weighted by Crippen LogP contribution is 2.22. The SMILES string of the molecule is CCCC(C)(O)CNC(=O)c1cccc(Cl)c1N. The average molecular weight is 271 g/mol. The first kappa shape index (κ1) is 14.8. The van der Waals surface area contributed by atoms with E-state index in [4.69, 9.17) is 17.3 Å². The number of hydrogen-bond donors (Lipinski definition) is 3. The van der Waals surface area contributed by atoms with Crippen molar-refractivity contribution < 1.29 is 9.90 Å². The summed E-state index contributed by atoms with van der Waals surface area (Å²) in [6, 6.07) is 4.89. The van der Waals surface area contributed by atoms with Crippen LogP contribution in [0.15, 0.2) is 18.2 Å². The Morgan fingerprint density at radius 3 is 2.83 bits per heavy atom. The zero-order valence-corrected chi connectivity index (χ0v) is 11.4. The van der Waals surface area contributed by atoms with Gasteiger partial charge in [0.25, 0.3) is 5.91 Å². The molecule has 100 valence electrons. The second-order valence-electron chi connectivity index (χ2n) is 4.63.